The molecule has 46 heavy (non-hydrogen) atoms. The zero-order valence-corrected chi connectivity index (χ0v) is 28.5. The number of carbonyl (C=O) groups is 4. The summed E-state index contributed by atoms with van der Waals surface area (Å²) in [6.07, 6.45) is 6.43. The van der Waals surface area contributed by atoms with Gasteiger partial charge in [0.2, 0.25) is 17.7 Å². The van der Waals surface area contributed by atoms with Gasteiger partial charge in [0.25, 0.3) is 0 Å². The fraction of sp³-hybridized carbons (Fsp3) is 0.600. The van der Waals surface area contributed by atoms with Crippen molar-refractivity contribution >= 4 is 39.6 Å². The number of hydrogen-bond acceptors (Lipinski definition) is 7. The molecule has 252 valence electrons. The van der Waals surface area contributed by atoms with E-state index in [1.807, 2.05) is 37.3 Å². The Morgan fingerprint density at radius 2 is 1.98 bits per heavy atom. The highest BCUT2D eigenvalue weighted by molar-refractivity contribution is 9.09. The molecule has 2 bridgehead atoms. The molecule has 8 atom stereocenters. The highest BCUT2D eigenvalue weighted by atomic mass is 79.9. The van der Waals surface area contributed by atoms with Gasteiger partial charge in [-0.3, -0.25) is 19.2 Å². The number of amides is 3. The van der Waals surface area contributed by atoms with E-state index in [2.05, 4.69) is 41.3 Å². The summed E-state index contributed by atoms with van der Waals surface area (Å²) >= 11 is 3.74. The molecule has 0 saturated carbocycles. The molecule has 10 nitrogen and oxygen atoms in total. The summed E-state index contributed by atoms with van der Waals surface area (Å²) in [7, 11) is 0. The van der Waals surface area contributed by atoms with Crippen molar-refractivity contribution in [1.82, 2.24) is 15.1 Å². The zero-order valence-electron chi connectivity index (χ0n) is 26.9. The number of aliphatic hydroxyl groups is 1. The van der Waals surface area contributed by atoms with E-state index < -0.39 is 47.5 Å². The minimum absolute atomic E-state index is 0.0303. The highest BCUT2D eigenvalue weighted by Gasteiger charge is 2.76. The van der Waals surface area contributed by atoms with Gasteiger partial charge in [-0.1, -0.05) is 71.8 Å². The number of rotatable bonds is 18. The number of alkyl halides is 1. The van der Waals surface area contributed by atoms with Gasteiger partial charge in [-0.05, 0) is 44.6 Å². The number of nitrogens with zero attached hydrogens (tertiary/aromatic N) is 2. The van der Waals surface area contributed by atoms with Crippen molar-refractivity contribution in [2.24, 2.45) is 11.8 Å². The maximum absolute atomic E-state index is 14.5. The van der Waals surface area contributed by atoms with Crippen LogP contribution in [0.2, 0.25) is 0 Å². The van der Waals surface area contributed by atoms with Crippen molar-refractivity contribution < 1.29 is 33.8 Å². The number of fused-ring (bicyclic) bond motifs is 1. The van der Waals surface area contributed by atoms with Crippen LogP contribution in [-0.4, -0.2) is 93.5 Å². The summed E-state index contributed by atoms with van der Waals surface area (Å²) in [6.45, 7) is 12.1. The minimum atomic E-state index is -1.20. The Morgan fingerprint density at radius 3 is 2.63 bits per heavy atom. The molecule has 0 radical (unpaired) electrons. The Hall–Kier alpha value is -3.02. The van der Waals surface area contributed by atoms with Crippen LogP contribution in [-0.2, 0) is 28.7 Å². The van der Waals surface area contributed by atoms with Gasteiger partial charge in [-0.15, -0.1) is 13.2 Å². The van der Waals surface area contributed by atoms with Crippen LogP contribution in [0.25, 0.3) is 0 Å². The molecule has 11 heteroatoms. The third kappa shape index (κ3) is 7.26. The summed E-state index contributed by atoms with van der Waals surface area (Å²) in [6, 6.07) is 7.58. The molecule has 2 unspecified atom stereocenters. The molecule has 1 aromatic rings. The maximum Gasteiger partial charge on any atom is 0.306 e. The first-order valence-corrected chi connectivity index (χ1v) is 17.3. The van der Waals surface area contributed by atoms with E-state index in [9.17, 15) is 24.3 Å². The lowest BCUT2D eigenvalue weighted by molar-refractivity contribution is -0.149. The fourth-order valence-corrected chi connectivity index (χ4v) is 8.29. The Morgan fingerprint density at radius 1 is 1.24 bits per heavy atom. The van der Waals surface area contributed by atoms with E-state index in [1.54, 1.807) is 22.0 Å². The zero-order chi connectivity index (χ0) is 33.4. The average molecular weight is 703 g/mol. The van der Waals surface area contributed by atoms with E-state index in [0.29, 0.717) is 32.2 Å². The van der Waals surface area contributed by atoms with Crippen LogP contribution in [0.15, 0.2) is 55.6 Å². The lowest BCUT2D eigenvalue weighted by Crippen LogP contribution is -2.58. The number of ether oxygens (including phenoxy) is 2. The van der Waals surface area contributed by atoms with Gasteiger partial charge >= 0.3 is 5.97 Å². The normalized spacial score (nSPS) is 27.5. The predicted octanol–water partition coefficient (Wildman–Crippen LogP) is 4.08. The third-order valence-corrected chi connectivity index (χ3v) is 10.3. The molecule has 1 aromatic carbocycles. The fourth-order valence-electron chi connectivity index (χ4n) is 7.34. The molecule has 3 saturated heterocycles. The van der Waals surface area contributed by atoms with E-state index >= 15 is 0 Å². The van der Waals surface area contributed by atoms with Crippen molar-refractivity contribution in [3.05, 3.63) is 61.2 Å². The van der Waals surface area contributed by atoms with Crippen molar-refractivity contribution in [3.63, 3.8) is 0 Å². The van der Waals surface area contributed by atoms with Gasteiger partial charge in [0.15, 0.2) is 0 Å². The number of likely N-dealkylation sites (tertiary alicyclic amines) is 1. The van der Waals surface area contributed by atoms with Crippen LogP contribution < -0.4 is 5.32 Å². The molecule has 4 rings (SSSR count). The number of carbonyl (C=O) groups excluding carboxylic acids is 4. The second-order valence-electron chi connectivity index (χ2n) is 12.5. The topological polar surface area (TPSA) is 125 Å². The summed E-state index contributed by atoms with van der Waals surface area (Å²) in [5.41, 5.74) is -0.443. The minimum Gasteiger partial charge on any atom is -0.463 e. The Balaban J connectivity index is 1.66. The van der Waals surface area contributed by atoms with E-state index in [4.69, 9.17) is 9.47 Å². The number of hydrogen-bond donors (Lipinski definition) is 2. The lowest BCUT2D eigenvalue weighted by Gasteiger charge is -2.39. The number of benzene rings is 1. The molecular weight excluding hydrogens is 654 g/mol. The molecule has 1 spiro atoms. The number of allylic oxidation sites excluding steroid dienone is 1. The van der Waals surface area contributed by atoms with E-state index in [1.165, 1.54) is 0 Å². The Kier molecular flexibility index (Phi) is 12.6. The summed E-state index contributed by atoms with van der Waals surface area (Å²) in [5, 5.41) is 12.5. The molecule has 3 aliphatic rings. The number of unbranched alkanes of at least 4 members (excludes halogenated alkanes) is 1. The van der Waals surface area contributed by atoms with Crippen LogP contribution in [0.5, 0.6) is 0 Å². The molecule has 3 amide bonds. The second kappa shape index (κ2) is 16.2. The molecule has 0 aliphatic carbocycles. The summed E-state index contributed by atoms with van der Waals surface area (Å²) < 4.78 is 12.2. The first-order chi connectivity index (χ1) is 22.1. The monoisotopic (exact) mass is 701 g/mol. The van der Waals surface area contributed by atoms with E-state index in [0.717, 1.165) is 18.4 Å². The Labute approximate surface area is 280 Å². The largest absolute Gasteiger partial charge is 0.463 e. The first kappa shape index (κ1) is 35.8. The van der Waals surface area contributed by atoms with E-state index in [-0.39, 0.29) is 48.9 Å². The van der Waals surface area contributed by atoms with Crippen LogP contribution >= 0.6 is 15.9 Å². The molecule has 2 N–H and O–H groups in total. The van der Waals surface area contributed by atoms with Crippen LogP contribution in [0.4, 0.5) is 0 Å². The molecule has 3 fully saturated rings. The third-order valence-electron chi connectivity index (χ3n) is 9.46. The maximum atomic E-state index is 14.5. The number of aliphatic hydroxyl groups excluding tert-OH is 1. The number of esters is 1. The highest BCUT2D eigenvalue weighted by Crippen LogP contribution is 2.60. The van der Waals surface area contributed by atoms with Crippen molar-refractivity contribution in [1.29, 1.82) is 0 Å². The van der Waals surface area contributed by atoms with Crippen molar-refractivity contribution in [2.45, 2.75) is 93.5 Å². The number of halogens is 1. The van der Waals surface area contributed by atoms with Crippen LogP contribution in [0.1, 0.15) is 70.4 Å². The molecular formula is C35H48BrN3O7. The SMILES string of the molecule is C=CCCC(=O)OC[C@H](NC(=O)[C@H]1[C@@H]2O[C@@]3(CC2Br)[C@@H]1C(=O)N(CCCCO)[C@@H]3C(=O)N(CC=C)C(C)CCC)c1ccccc1. The number of nitrogens with one attached hydrogen (secondary N) is 1. The van der Waals surface area contributed by atoms with Gasteiger partial charge < -0.3 is 29.7 Å². The van der Waals surface area contributed by atoms with Crippen LogP contribution in [0, 0.1) is 11.8 Å². The molecule has 3 aliphatic heterocycles. The Bertz CT molecular complexity index is 1260. The second-order valence-corrected chi connectivity index (χ2v) is 13.7. The molecule has 3 heterocycles. The quantitative estimate of drug-likeness (QED) is 0.102. The summed E-state index contributed by atoms with van der Waals surface area (Å²) in [5.74, 6) is -3.02. The smallest absolute Gasteiger partial charge is 0.306 e. The van der Waals surface area contributed by atoms with Crippen molar-refractivity contribution in [2.75, 3.05) is 26.3 Å². The average Bonchev–Trinajstić information content (AvgIpc) is 3.64. The van der Waals surface area contributed by atoms with Crippen molar-refractivity contribution in [3.8, 4) is 0 Å². The van der Waals surface area contributed by atoms with Gasteiger partial charge in [0.05, 0.1) is 24.0 Å². The standard InChI is InChI=1S/C35H48BrN3O7/c1-5-8-17-27(41)45-22-26(24-15-10-9-11-16-24)37-32(42)28-29-33(43)39(19-12-13-20-40)31(35(29)21-25(36)30(28)46-35)34(44)38(18-7-3)23(4)14-6-2/h5,7,9-11,15-16,23,25-26,28-31,40H,1,3,6,8,12-14,17-22H2,2,4H3,(H,37,42)/t23?,25?,26-,28+,29-,30+,31+,35-/m0/s1. The first-order valence-electron chi connectivity index (χ1n) is 16.4. The van der Waals surface area contributed by atoms with Gasteiger partial charge in [-0.2, -0.15) is 0 Å². The lowest BCUT2D eigenvalue weighted by atomic mass is 9.70. The van der Waals surface area contributed by atoms with Gasteiger partial charge in [0.1, 0.15) is 18.2 Å². The van der Waals surface area contributed by atoms with Gasteiger partial charge in [0, 0.05) is 37.0 Å². The predicted molar refractivity (Wildman–Crippen MR) is 178 cm³/mol. The van der Waals surface area contributed by atoms with Gasteiger partial charge in [-0.25, -0.2) is 0 Å². The summed E-state index contributed by atoms with van der Waals surface area (Å²) in [4.78, 5) is 58.6. The van der Waals surface area contributed by atoms with Crippen LogP contribution in [0.3, 0.4) is 0 Å². The molecule has 0 aromatic heterocycles.